The van der Waals surface area contributed by atoms with Crippen molar-refractivity contribution in [3.05, 3.63) is 39.8 Å². The number of hydrogen-bond acceptors (Lipinski definition) is 5. The molecule has 2 aromatic rings. The summed E-state index contributed by atoms with van der Waals surface area (Å²) < 4.78 is 24.5. The number of thiophene rings is 1. The Hall–Kier alpha value is -1.27. The van der Waals surface area contributed by atoms with Crippen LogP contribution in [-0.4, -0.2) is 18.6 Å². The Kier molecular flexibility index (Phi) is 4.01. The summed E-state index contributed by atoms with van der Waals surface area (Å²) in [5.41, 5.74) is 1.25. The van der Waals surface area contributed by atoms with E-state index in [0.29, 0.717) is 16.5 Å². The lowest BCUT2D eigenvalue weighted by Crippen LogP contribution is -2.06. The van der Waals surface area contributed by atoms with E-state index in [1.54, 1.807) is 23.6 Å². The maximum atomic E-state index is 12.3. The number of aromatic nitrogens is 2. The first kappa shape index (κ1) is 14.1. The highest BCUT2D eigenvalue weighted by molar-refractivity contribution is 7.90. The van der Waals surface area contributed by atoms with Crippen molar-refractivity contribution in [1.82, 2.24) is 10.2 Å². The minimum atomic E-state index is -3.33. The third-order valence-corrected chi connectivity index (χ3v) is 5.73. The molecular formula is C13H16N2O2S2. The quantitative estimate of drug-likeness (QED) is 0.870. The van der Waals surface area contributed by atoms with Crippen molar-refractivity contribution in [3.8, 4) is 0 Å². The van der Waals surface area contributed by atoms with Crippen LogP contribution in [0.1, 0.15) is 36.0 Å². The largest absolute Gasteiger partial charge is 0.223 e. The van der Waals surface area contributed by atoms with Crippen LogP contribution < -0.4 is 0 Å². The summed E-state index contributed by atoms with van der Waals surface area (Å²) in [4.78, 5) is 1.46. The molecule has 0 fully saturated rings. The van der Waals surface area contributed by atoms with Crippen molar-refractivity contribution in [3.63, 3.8) is 0 Å². The number of aryl methyl sites for hydroxylation is 1. The molecule has 0 amide bonds. The summed E-state index contributed by atoms with van der Waals surface area (Å²) in [5.74, 6) is 0.238. The fraction of sp³-hybridized carbons (Fsp3) is 0.385. The molecule has 0 saturated carbocycles. The first-order chi connectivity index (χ1) is 8.88. The Bertz CT molecular complexity index is 658. The van der Waals surface area contributed by atoms with Gasteiger partial charge in [-0.1, -0.05) is 13.8 Å². The fourth-order valence-corrected chi connectivity index (χ4v) is 4.19. The van der Waals surface area contributed by atoms with Gasteiger partial charge in [0.15, 0.2) is 9.84 Å². The minimum Gasteiger partial charge on any atom is -0.223 e. The third kappa shape index (κ3) is 3.39. The summed E-state index contributed by atoms with van der Waals surface area (Å²) in [5, 5.41) is 9.48. The van der Waals surface area contributed by atoms with Crippen LogP contribution in [0.15, 0.2) is 28.5 Å². The Labute approximate surface area is 117 Å². The van der Waals surface area contributed by atoms with Crippen LogP contribution in [0.3, 0.4) is 0 Å². The lowest BCUT2D eigenvalue weighted by Gasteiger charge is -2.02. The van der Waals surface area contributed by atoms with Gasteiger partial charge >= 0.3 is 0 Å². The number of rotatable bonds is 4. The second kappa shape index (κ2) is 5.38. The van der Waals surface area contributed by atoms with Gasteiger partial charge < -0.3 is 0 Å². The van der Waals surface area contributed by atoms with Crippen molar-refractivity contribution >= 4 is 21.2 Å². The van der Waals surface area contributed by atoms with Crippen LogP contribution >= 0.6 is 11.3 Å². The van der Waals surface area contributed by atoms with Gasteiger partial charge in [0, 0.05) is 10.3 Å². The van der Waals surface area contributed by atoms with Gasteiger partial charge in [0.25, 0.3) is 0 Å². The van der Waals surface area contributed by atoms with Gasteiger partial charge in [0.05, 0.1) is 22.0 Å². The maximum Gasteiger partial charge on any atom is 0.184 e. The summed E-state index contributed by atoms with van der Waals surface area (Å²) in [6, 6.07) is 5.23. The molecule has 0 radical (unpaired) electrons. The molecule has 0 bridgehead atoms. The standard InChI is InChI=1S/C13H16N2O2S2/c1-9(2)13-6-12(7-18-13)19(16,17)8-11-5-4-10(3)14-15-11/h4-7,9H,8H2,1-3H3. The number of hydrogen-bond donors (Lipinski definition) is 0. The predicted octanol–water partition coefficient (Wildman–Crippen LogP) is 2.94. The summed E-state index contributed by atoms with van der Waals surface area (Å²) in [6.45, 7) is 5.92. The van der Waals surface area contributed by atoms with E-state index >= 15 is 0 Å². The number of nitrogens with zero attached hydrogens (tertiary/aromatic N) is 2. The molecule has 4 nitrogen and oxygen atoms in total. The predicted molar refractivity (Wildman–Crippen MR) is 76.1 cm³/mol. The van der Waals surface area contributed by atoms with E-state index in [-0.39, 0.29) is 5.75 Å². The molecule has 6 heteroatoms. The Morgan fingerprint density at radius 1 is 1.26 bits per heavy atom. The minimum absolute atomic E-state index is 0.103. The van der Waals surface area contributed by atoms with Crippen LogP contribution in [0.2, 0.25) is 0 Å². The highest BCUT2D eigenvalue weighted by Gasteiger charge is 2.19. The van der Waals surface area contributed by atoms with Crippen molar-refractivity contribution in [2.24, 2.45) is 0 Å². The van der Waals surface area contributed by atoms with Gasteiger partial charge in [-0.05, 0) is 31.0 Å². The molecule has 2 rings (SSSR count). The van der Waals surface area contributed by atoms with Crippen LogP contribution in [-0.2, 0) is 15.6 Å². The Balaban J connectivity index is 2.24. The van der Waals surface area contributed by atoms with Crippen molar-refractivity contribution in [2.75, 3.05) is 0 Å². The van der Waals surface area contributed by atoms with E-state index in [0.717, 1.165) is 10.6 Å². The fourth-order valence-electron chi connectivity index (χ4n) is 1.58. The second-order valence-electron chi connectivity index (χ2n) is 4.76. The van der Waals surface area contributed by atoms with E-state index in [9.17, 15) is 8.42 Å². The molecule has 2 aromatic heterocycles. The third-order valence-electron chi connectivity index (χ3n) is 2.71. The molecule has 0 saturated heterocycles. The van der Waals surface area contributed by atoms with E-state index < -0.39 is 9.84 Å². The SMILES string of the molecule is Cc1ccc(CS(=O)(=O)c2csc(C(C)C)c2)nn1. The van der Waals surface area contributed by atoms with Crippen molar-refractivity contribution < 1.29 is 8.42 Å². The first-order valence-electron chi connectivity index (χ1n) is 5.99. The van der Waals surface area contributed by atoms with Gasteiger partial charge in [-0.25, -0.2) is 8.42 Å². The van der Waals surface area contributed by atoms with Crippen LogP contribution in [0.5, 0.6) is 0 Å². The first-order valence-corrected chi connectivity index (χ1v) is 8.52. The molecule has 0 atom stereocenters. The lowest BCUT2D eigenvalue weighted by molar-refractivity contribution is 0.594. The Morgan fingerprint density at radius 2 is 2.00 bits per heavy atom. The highest BCUT2D eigenvalue weighted by Crippen LogP contribution is 2.27. The van der Waals surface area contributed by atoms with Crippen LogP contribution in [0.25, 0.3) is 0 Å². The molecule has 0 spiro atoms. The van der Waals surface area contributed by atoms with Gasteiger partial charge in [0.1, 0.15) is 0 Å². The highest BCUT2D eigenvalue weighted by atomic mass is 32.2. The molecule has 102 valence electrons. The van der Waals surface area contributed by atoms with Gasteiger partial charge in [-0.2, -0.15) is 10.2 Å². The number of sulfone groups is 1. The van der Waals surface area contributed by atoms with Crippen molar-refractivity contribution in [1.29, 1.82) is 0 Å². The molecule has 0 aromatic carbocycles. The van der Waals surface area contributed by atoms with E-state index in [1.165, 1.54) is 11.3 Å². The molecule has 0 unspecified atom stereocenters. The van der Waals surface area contributed by atoms with Crippen LogP contribution in [0.4, 0.5) is 0 Å². The van der Waals surface area contributed by atoms with Gasteiger partial charge in [-0.15, -0.1) is 11.3 Å². The summed E-state index contributed by atoms with van der Waals surface area (Å²) in [6.07, 6.45) is 0. The molecule has 0 N–H and O–H groups in total. The normalized spacial score (nSPS) is 12.0. The molecule has 0 aliphatic rings. The van der Waals surface area contributed by atoms with Crippen molar-refractivity contribution in [2.45, 2.75) is 37.3 Å². The van der Waals surface area contributed by atoms with Crippen LogP contribution in [0, 0.1) is 6.92 Å². The van der Waals surface area contributed by atoms with E-state index in [2.05, 4.69) is 10.2 Å². The monoisotopic (exact) mass is 296 g/mol. The molecule has 0 aliphatic carbocycles. The smallest absolute Gasteiger partial charge is 0.184 e. The average molecular weight is 296 g/mol. The second-order valence-corrected chi connectivity index (χ2v) is 7.70. The van der Waals surface area contributed by atoms with E-state index in [4.69, 9.17) is 0 Å². The van der Waals surface area contributed by atoms with E-state index in [1.807, 2.05) is 20.8 Å². The average Bonchev–Trinajstić information content (AvgIpc) is 2.82. The maximum absolute atomic E-state index is 12.3. The summed E-state index contributed by atoms with van der Waals surface area (Å²) >= 11 is 1.48. The zero-order chi connectivity index (χ0) is 14.0. The molecule has 2 heterocycles. The topological polar surface area (TPSA) is 59.9 Å². The lowest BCUT2D eigenvalue weighted by atomic mass is 10.2. The Morgan fingerprint density at radius 3 is 2.53 bits per heavy atom. The molecule has 19 heavy (non-hydrogen) atoms. The molecular weight excluding hydrogens is 280 g/mol. The summed E-state index contributed by atoms with van der Waals surface area (Å²) in [7, 11) is -3.33. The zero-order valence-electron chi connectivity index (χ0n) is 11.1. The molecule has 0 aliphatic heterocycles. The van der Waals surface area contributed by atoms with Gasteiger partial charge in [-0.3, -0.25) is 0 Å². The van der Waals surface area contributed by atoms with Gasteiger partial charge in [0.2, 0.25) is 0 Å². The zero-order valence-corrected chi connectivity index (χ0v) is 12.8.